The standard InChI is InChI=1S/C14H13FN4/c1-9-3-4-12(15)10(5-9)14-11-6-19(8-16)7-13(11)18(2)17-14/h3-5H,6-7H2,1-2H3. The quantitative estimate of drug-likeness (QED) is 0.736. The topological polar surface area (TPSA) is 44.9 Å². The molecular weight excluding hydrogens is 243 g/mol. The van der Waals surface area contributed by atoms with E-state index in [4.69, 9.17) is 5.26 Å². The molecule has 2 heterocycles. The van der Waals surface area contributed by atoms with E-state index in [0.29, 0.717) is 24.3 Å². The molecule has 5 heteroatoms. The lowest BCUT2D eigenvalue weighted by atomic mass is 10.0. The van der Waals surface area contributed by atoms with Gasteiger partial charge in [-0.05, 0) is 19.1 Å². The van der Waals surface area contributed by atoms with E-state index in [0.717, 1.165) is 16.8 Å². The molecule has 1 aliphatic heterocycles. The Labute approximate surface area is 110 Å². The van der Waals surface area contributed by atoms with Crippen molar-refractivity contribution in [2.24, 2.45) is 7.05 Å². The molecule has 2 aromatic rings. The fraction of sp³-hybridized carbons (Fsp3) is 0.286. The first kappa shape index (κ1) is 11.7. The maximum atomic E-state index is 14.0. The van der Waals surface area contributed by atoms with Gasteiger partial charge in [0.15, 0.2) is 6.19 Å². The zero-order valence-corrected chi connectivity index (χ0v) is 10.8. The first-order valence-corrected chi connectivity index (χ1v) is 6.06. The van der Waals surface area contributed by atoms with Crippen LogP contribution in [0.15, 0.2) is 18.2 Å². The van der Waals surface area contributed by atoms with Gasteiger partial charge in [-0.1, -0.05) is 11.6 Å². The fourth-order valence-electron chi connectivity index (χ4n) is 2.50. The molecule has 3 rings (SSSR count). The van der Waals surface area contributed by atoms with Crippen LogP contribution in [0, 0.1) is 24.2 Å². The Morgan fingerprint density at radius 1 is 1.37 bits per heavy atom. The van der Waals surface area contributed by atoms with Crippen molar-refractivity contribution in [2.45, 2.75) is 20.0 Å². The largest absolute Gasteiger partial charge is 0.300 e. The van der Waals surface area contributed by atoms with Gasteiger partial charge < -0.3 is 4.90 Å². The second kappa shape index (κ2) is 4.09. The van der Waals surface area contributed by atoms with Crippen molar-refractivity contribution >= 4 is 0 Å². The molecule has 96 valence electrons. The average Bonchev–Trinajstić information content (AvgIpc) is 2.93. The second-order valence-electron chi connectivity index (χ2n) is 4.84. The maximum Gasteiger partial charge on any atom is 0.180 e. The molecule has 0 bridgehead atoms. The van der Waals surface area contributed by atoms with Crippen LogP contribution >= 0.6 is 0 Å². The summed E-state index contributed by atoms with van der Waals surface area (Å²) in [4.78, 5) is 1.64. The highest BCUT2D eigenvalue weighted by Gasteiger charge is 2.27. The number of nitrogens with zero attached hydrogens (tertiary/aromatic N) is 4. The Bertz CT molecular complexity index is 696. The molecule has 0 fully saturated rings. The van der Waals surface area contributed by atoms with Gasteiger partial charge in [-0.2, -0.15) is 10.4 Å². The Kier molecular flexibility index (Phi) is 2.53. The van der Waals surface area contributed by atoms with Crippen molar-refractivity contribution in [3.63, 3.8) is 0 Å². The summed E-state index contributed by atoms with van der Waals surface area (Å²) < 4.78 is 15.7. The number of fused-ring (bicyclic) bond motifs is 1. The minimum Gasteiger partial charge on any atom is -0.300 e. The molecule has 0 aliphatic carbocycles. The molecule has 0 N–H and O–H groups in total. The number of nitriles is 1. The molecule has 0 spiro atoms. The summed E-state index contributed by atoms with van der Waals surface area (Å²) in [5.41, 5.74) is 4.09. The summed E-state index contributed by atoms with van der Waals surface area (Å²) in [5.74, 6) is -0.276. The van der Waals surface area contributed by atoms with Crippen molar-refractivity contribution in [1.82, 2.24) is 14.7 Å². The van der Waals surface area contributed by atoms with Crippen LogP contribution in [0.2, 0.25) is 0 Å². The predicted molar refractivity (Wildman–Crippen MR) is 68.2 cm³/mol. The molecule has 1 aliphatic rings. The highest BCUT2D eigenvalue weighted by molar-refractivity contribution is 5.66. The third-order valence-electron chi connectivity index (χ3n) is 3.48. The molecule has 19 heavy (non-hydrogen) atoms. The number of rotatable bonds is 1. The Morgan fingerprint density at radius 3 is 2.89 bits per heavy atom. The number of benzene rings is 1. The molecule has 1 aromatic carbocycles. The lowest BCUT2D eigenvalue weighted by molar-refractivity contribution is 0.405. The van der Waals surface area contributed by atoms with E-state index in [2.05, 4.69) is 11.3 Å². The van der Waals surface area contributed by atoms with E-state index in [-0.39, 0.29) is 5.82 Å². The summed E-state index contributed by atoms with van der Waals surface area (Å²) in [5, 5.41) is 13.4. The monoisotopic (exact) mass is 256 g/mol. The van der Waals surface area contributed by atoms with Crippen LogP contribution in [0.1, 0.15) is 16.8 Å². The Morgan fingerprint density at radius 2 is 2.16 bits per heavy atom. The van der Waals surface area contributed by atoms with Crippen molar-refractivity contribution in [3.8, 4) is 17.5 Å². The predicted octanol–water partition coefficient (Wildman–Crippen LogP) is 2.33. The van der Waals surface area contributed by atoms with E-state index in [1.807, 2.05) is 14.0 Å². The number of halogens is 1. The smallest absolute Gasteiger partial charge is 0.180 e. The van der Waals surface area contributed by atoms with Crippen molar-refractivity contribution < 1.29 is 4.39 Å². The first-order valence-electron chi connectivity index (χ1n) is 6.06. The van der Waals surface area contributed by atoms with Crippen LogP contribution in [-0.4, -0.2) is 14.7 Å². The van der Waals surface area contributed by atoms with Gasteiger partial charge in [0, 0.05) is 18.2 Å². The highest BCUT2D eigenvalue weighted by Crippen LogP contribution is 2.33. The third kappa shape index (κ3) is 1.76. The minimum atomic E-state index is -0.276. The van der Waals surface area contributed by atoms with Crippen LogP contribution in [-0.2, 0) is 20.1 Å². The van der Waals surface area contributed by atoms with E-state index in [9.17, 15) is 4.39 Å². The molecular formula is C14H13FN4. The van der Waals surface area contributed by atoms with Gasteiger partial charge in [0.25, 0.3) is 0 Å². The Balaban J connectivity index is 2.16. The molecule has 0 saturated heterocycles. The van der Waals surface area contributed by atoms with Gasteiger partial charge in [-0.25, -0.2) is 4.39 Å². The van der Waals surface area contributed by atoms with Gasteiger partial charge in [0.2, 0.25) is 0 Å². The summed E-state index contributed by atoms with van der Waals surface area (Å²) >= 11 is 0. The van der Waals surface area contributed by atoms with Gasteiger partial charge in [-0.3, -0.25) is 4.68 Å². The van der Waals surface area contributed by atoms with E-state index in [1.54, 1.807) is 21.7 Å². The fourth-order valence-corrected chi connectivity index (χ4v) is 2.50. The lowest BCUT2D eigenvalue weighted by Gasteiger charge is -2.07. The summed E-state index contributed by atoms with van der Waals surface area (Å²) in [6, 6.07) is 5.00. The summed E-state index contributed by atoms with van der Waals surface area (Å²) in [6.45, 7) is 2.97. The number of hydrogen-bond acceptors (Lipinski definition) is 3. The van der Waals surface area contributed by atoms with Crippen LogP contribution in [0.5, 0.6) is 0 Å². The second-order valence-corrected chi connectivity index (χ2v) is 4.84. The molecule has 1 aromatic heterocycles. The highest BCUT2D eigenvalue weighted by atomic mass is 19.1. The molecule has 0 radical (unpaired) electrons. The number of hydrogen-bond donors (Lipinski definition) is 0. The minimum absolute atomic E-state index is 0.276. The maximum absolute atomic E-state index is 14.0. The third-order valence-corrected chi connectivity index (χ3v) is 3.48. The first-order chi connectivity index (χ1) is 9.10. The summed E-state index contributed by atoms with van der Waals surface area (Å²) in [6.07, 6.45) is 2.13. The van der Waals surface area contributed by atoms with Crippen LogP contribution in [0.4, 0.5) is 4.39 Å². The summed E-state index contributed by atoms with van der Waals surface area (Å²) in [7, 11) is 1.83. The van der Waals surface area contributed by atoms with Crippen LogP contribution < -0.4 is 0 Å². The van der Waals surface area contributed by atoms with Gasteiger partial charge in [-0.15, -0.1) is 0 Å². The molecule has 0 unspecified atom stereocenters. The molecule has 4 nitrogen and oxygen atoms in total. The molecule has 0 saturated carbocycles. The van der Waals surface area contributed by atoms with E-state index < -0.39 is 0 Å². The van der Waals surface area contributed by atoms with E-state index in [1.165, 1.54) is 6.07 Å². The normalized spacial score (nSPS) is 13.5. The van der Waals surface area contributed by atoms with Gasteiger partial charge in [0.05, 0.1) is 18.8 Å². The van der Waals surface area contributed by atoms with E-state index >= 15 is 0 Å². The van der Waals surface area contributed by atoms with Crippen LogP contribution in [0.3, 0.4) is 0 Å². The average molecular weight is 256 g/mol. The zero-order valence-electron chi connectivity index (χ0n) is 10.8. The number of aromatic nitrogens is 2. The van der Waals surface area contributed by atoms with Crippen molar-refractivity contribution in [1.29, 1.82) is 5.26 Å². The molecule has 0 amide bonds. The Hall–Kier alpha value is -2.35. The lowest BCUT2D eigenvalue weighted by Crippen LogP contribution is -2.10. The molecule has 0 atom stereocenters. The zero-order chi connectivity index (χ0) is 13.6. The van der Waals surface area contributed by atoms with Gasteiger partial charge >= 0.3 is 0 Å². The number of aryl methyl sites for hydroxylation is 2. The van der Waals surface area contributed by atoms with Crippen molar-refractivity contribution in [3.05, 3.63) is 40.8 Å². The van der Waals surface area contributed by atoms with Gasteiger partial charge in [0.1, 0.15) is 11.5 Å². The van der Waals surface area contributed by atoms with Crippen LogP contribution in [0.25, 0.3) is 11.3 Å². The SMILES string of the molecule is Cc1ccc(F)c(-c2nn(C)c3c2CN(C#N)C3)c1. The van der Waals surface area contributed by atoms with Crippen molar-refractivity contribution in [2.75, 3.05) is 0 Å².